The van der Waals surface area contributed by atoms with Crippen molar-refractivity contribution in [1.82, 2.24) is 0 Å². The van der Waals surface area contributed by atoms with Crippen molar-refractivity contribution in [1.29, 1.82) is 0 Å². The van der Waals surface area contributed by atoms with E-state index in [1.165, 1.54) is 76.2 Å². The highest BCUT2D eigenvalue weighted by atomic mass is 35.5. The zero-order chi connectivity index (χ0) is 11.6. The molecule has 0 heterocycles. The van der Waals surface area contributed by atoms with Crippen LogP contribution in [0.25, 0.3) is 0 Å². The summed E-state index contributed by atoms with van der Waals surface area (Å²) in [5.41, 5.74) is 1.29. The van der Waals surface area contributed by atoms with E-state index in [4.69, 9.17) is 7.85 Å². The Hall–Kier alpha value is 0.0949. The van der Waals surface area contributed by atoms with Gasteiger partial charge in [0.2, 0.25) is 0 Å². The van der Waals surface area contributed by atoms with E-state index in [2.05, 4.69) is 6.58 Å². The van der Waals surface area contributed by atoms with Crippen LogP contribution in [0.1, 0.15) is 70.6 Å². The van der Waals surface area contributed by atoms with E-state index >= 15 is 0 Å². The van der Waals surface area contributed by atoms with Crippen LogP contribution in [0.2, 0.25) is 6.32 Å². The molecule has 2 radical (unpaired) electrons. The lowest BCUT2D eigenvalue weighted by Gasteiger charge is -2.19. The smallest absolute Gasteiger partial charge is 0.0712 e. The normalized spacial score (nSPS) is 20.7. The van der Waals surface area contributed by atoms with Gasteiger partial charge in [-0.3, -0.25) is 0 Å². The molecule has 1 aliphatic carbocycles. The van der Waals surface area contributed by atoms with E-state index in [0.29, 0.717) is 12.2 Å². The number of halogens is 1. The summed E-state index contributed by atoms with van der Waals surface area (Å²) in [5.74, 6) is 0.712. The number of hydrogen-bond donors (Lipinski definition) is 0. The summed E-state index contributed by atoms with van der Waals surface area (Å²) in [7, 11) is 5.72. The largest absolute Gasteiger partial charge is 0.147 e. The molecule has 0 spiro atoms. The van der Waals surface area contributed by atoms with E-state index < -0.39 is 0 Å². The molecular formula is C15H28BCl. The predicted molar refractivity (Wildman–Crippen MR) is 81.2 cm³/mol. The van der Waals surface area contributed by atoms with Crippen LogP contribution in [-0.2, 0) is 0 Å². The lowest BCUT2D eigenvalue weighted by Crippen LogP contribution is -2.04. The molecule has 0 aliphatic heterocycles. The molecular weight excluding hydrogens is 226 g/mol. The van der Waals surface area contributed by atoms with E-state index in [0.717, 1.165) is 0 Å². The first-order valence-electron chi connectivity index (χ1n) is 7.22. The third-order valence-corrected chi connectivity index (χ3v) is 3.94. The van der Waals surface area contributed by atoms with Crippen LogP contribution in [0.3, 0.4) is 0 Å². The first-order valence-corrected chi connectivity index (χ1v) is 7.22. The average Bonchev–Trinajstić information content (AvgIpc) is 2.29. The summed E-state index contributed by atoms with van der Waals surface area (Å²) in [6, 6.07) is 0. The number of hydrogen-bond acceptors (Lipinski definition) is 0. The van der Waals surface area contributed by atoms with Crippen molar-refractivity contribution in [2.24, 2.45) is 5.92 Å². The van der Waals surface area contributed by atoms with Crippen LogP contribution in [0.15, 0.2) is 12.2 Å². The monoisotopic (exact) mass is 254 g/mol. The van der Waals surface area contributed by atoms with Gasteiger partial charge in [0.1, 0.15) is 0 Å². The van der Waals surface area contributed by atoms with Crippen molar-refractivity contribution in [2.45, 2.75) is 76.9 Å². The van der Waals surface area contributed by atoms with Gasteiger partial charge in [-0.15, -0.1) is 19.0 Å². The third-order valence-electron chi connectivity index (χ3n) is 3.94. The Labute approximate surface area is 115 Å². The Morgan fingerprint density at radius 1 is 0.824 bits per heavy atom. The second-order valence-corrected chi connectivity index (χ2v) is 5.32. The molecule has 2 heteroatoms. The van der Waals surface area contributed by atoms with Gasteiger partial charge >= 0.3 is 0 Å². The van der Waals surface area contributed by atoms with E-state index in [1.807, 2.05) is 0 Å². The Morgan fingerprint density at radius 2 is 1.18 bits per heavy atom. The molecule has 0 unspecified atom stereocenters. The second-order valence-electron chi connectivity index (χ2n) is 5.32. The summed E-state index contributed by atoms with van der Waals surface area (Å²) < 4.78 is 0. The number of allylic oxidation sites excluding steroid dienone is 1. The molecule has 0 amide bonds. The molecule has 1 fully saturated rings. The van der Waals surface area contributed by atoms with E-state index in [1.54, 1.807) is 0 Å². The maximum atomic E-state index is 5.72. The molecule has 17 heavy (non-hydrogen) atoms. The van der Waals surface area contributed by atoms with Crippen molar-refractivity contribution >= 4 is 20.3 Å². The molecule has 0 saturated heterocycles. The fourth-order valence-electron chi connectivity index (χ4n) is 2.74. The van der Waals surface area contributed by atoms with Crippen LogP contribution in [-0.4, -0.2) is 7.85 Å². The zero-order valence-corrected chi connectivity index (χ0v) is 12.1. The second kappa shape index (κ2) is 11.2. The summed E-state index contributed by atoms with van der Waals surface area (Å²) in [6.07, 6.45) is 16.1. The topological polar surface area (TPSA) is 0 Å². The van der Waals surface area contributed by atoms with E-state index in [9.17, 15) is 0 Å². The van der Waals surface area contributed by atoms with Gasteiger partial charge in [0.05, 0.1) is 7.85 Å². The van der Waals surface area contributed by atoms with Crippen molar-refractivity contribution < 1.29 is 0 Å². The minimum absolute atomic E-state index is 0. The summed E-state index contributed by atoms with van der Waals surface area (Å²) in [4.78, 5) is 0. The molecule has 1 saturated carbocycles. The maximum absolute atomic E-state index is 5.72. The van der Waals surface area contributed by atoms with E-state index in [-0.39, 0.29) is 12.4 Å². The lowest BCUT2D eigenvalue weighted by molar-refractivity contribution is 0.436. The fourth-order valence-corrected chi connectivity index (χ4v) is 2.74. The minimum atomic E-state index is 0. The van der Waals surface area contributed by atoms with Crippen molar-refractivity contribution in [3.05, 3.63) is 12.2 Å². The number of rotatable bonds is 2. The molecule has 0 bridgehead atoms. The van der Waals surface area contributed by atoms with Gasteiger partial charge in [-0.25, -0.2) is 0 Å². The Bertz CT molecular complexity index is 179. The van der Waals surface area contributed by atoms with Crippen LogP contribution in [0.5, 0.6) is 0 Å². The molecule has 0 atom stereocenters. The summed E-state index contributed by atoms with van der Waals surface area (Å²) in [5, 5.41) is 0. The van der Waals surface area contributed by atoms with Crippen LogP contribution in [0.4, 0.5) is 0 Å². The maximum Gasteiger partial charge on any atom is 0.0712 e. The van der Waals surface area contributed by atoms with Crippen LogP contribution < -0.4 is 0 Å². The van der Waals surface area contributed by atoms with Crippen LogP contribution in [0, 0.1) is 5.92 Å². The van der Waals surface area contributed by atoms with Gasteiger partial charge in [-0.2, -0.15) is 0 Å². The first-order chi connectivity index (χ1) is 7.84. The molecule has 0 N–H and O–H groups in total. The molecule has 0 aromatic heterocycles. The highest BCUT2D eigenvalue weighted by Crippen LogP contribution is 2.26. The Morgan fingerprint density at radius 3 is 1.53 bits per heavy atom. The quantitative estimate of drug-likeness (QED) is 0.453. The van der Waals surface area contributed by atoms with Gasteiger partial charge in [0, 0.05) is 0 Å². The van der Waals surface area contributed by atoms with Gasteiger partial charge in [-0.1, -0.05) is 69.7 Å². The SMILES string of the molecule is Cl.[B]CC(=C)C1CCCCCCCCCCC1. The Balaban J connectivity index is 0.00000256. The highest BCUT2D eigenvalue weighted by molar-refractivity contribution is 6.10. The molecule has 98 valence electrons. The summed E-state index contributed by atoms with van der Waals surface area (Å²) in [6.45, 7) is 4.14. The van der Waals surface area contributed by atoms with Crippen molar-refractivity contribution in [2.75, 3.05) is 0 Å². The zero-order valence-electron chi connectivity index (χ0n) is 11.3. The molecule has 1 rings (SSSR count). The van der Waals surface area contributed by atoms with Crippen molar-refractivity contribution in [3.63, 3.8) is 0 Å². The van der Waals surface area contributed by atoms with Crippen molar-refractivity contribution in [3.8, 4) is 0 Å². The highest BCUT2D eigenvalue weighted by Gasteiger charge is 2.11. The third kappa shape index (κ3) is 7.92. The molecule has 0 aromatic carbocycles. The van der Waals surface area contributed by atoms with Gasteiger partial charge in [0.25, 0.3) is 0 Å². The molecule has 1 aliphatic rings. The standard InChI is InChI=1S/C15H27B.ClH/c1-14(13-16)15-11-9-7-5-3-2-4-6-8-10-12-15;/h15H,1-13H2;1H. The lowest BCUT2D eigenvalue weighted by atomic mass is 9.82. The minimum Gasteiger partial charge on any atom is -0.147 e. The van der Waals surface area contributed by atoms with Gasteiger partial charge in [-0.05, 0) is 18.8 Å². The van der Waals surface area contributed by atoms with Gasteiger partial charge in [0.15, 0.2) is 0 Å². The summed E-state index contributed by atoms with van der Waals surface area (Å²) >= 11 is 0. The Kier molecular flexibility index (Phi) is 11.3. The van der Waals surface area contributed by atoms with Crippen LogP contribution >= 0.6 is 12.4 Å². The molecule has 0 nitrogen and oxygen atoms in total. The fraction of sp³-hybridized carbons (Fsp3) is 0.867. The predicted octanol–water partition coefficient (Wildman–Crippen LogP) is 5.47. The van der Waals surface area contributed by atoms with Gasteiger partial charge < -0.3 is 0 Å². The first kappa shape index (κ1) is 17.1. The molecule has 0 aromatic rings. The average molecular weight is 255 g/mol.